The Morgan fingerprint density at radius 3 is 2.85 bits per heavy atom. The number of carbonyl (C=O) groups is 1. The van der Waals surface area contributed by atoms with Gasteiger partial charge in [-0.3, -0.25) is 4.79 Å². The van der Waals surface area contributed by atoms with Gasteiger partial charge in [0.25, 0.3) is 0 Å². The molecule has 0 amide bonds. The van der Waals surface area contributed by atoms with Crippen molar-refractivity contribution in [3.63, 3.8) is 0 Å². The molecule has 1 rings (SSSR count). The Balaban J connectivity index is 2.65. The van der Waals surface area contributed by atoms with Gasteiger partial charge in [-0.2, -0.15) is 0 Å². The Bertz CT molecular complexity index is 254. The van der Waals surface area contributed by atoms with Crippen LogP contribution >= 0.6 is 0 Å². The first-order valence-electron chi connectivity index (χ1n) is 4.70. The first kappa shape index (κ1) is 9.99. The van der Waals surface area contributed by atoms with Gasteiger partial charge >= 0.3 is 0 Å². The van der Waals surface area contributed by atoms with E-state index in [1.165, 1.54) is 0 Å². The van der Waals surface area contributed by atoms with Crippen molar-refractivity contribution in [1.82, 2.24) is 10.3 Å². The summed E-state index contributed by atoms with van der Waals surface area (Å²) in [6.07, 6.45) is 4.34. The molecule has 1 unspecified atom stereocenters. The Morgan fingerprint density at radius 2 is 2.38 bits per heavy atom. The third kappa shape index (κ3) is 2.42. The normalized spacial score (nSPS) is 12.8. The number of hydrogen-bond donors (Lipinski definition) is 2. The summed E-state index contributed by atoms with van der Waals surface area (Å²) in [6.45, 7) is 4.85. The highest BCUT2D eigenvalue weighted by Gasteiger charge is 2.16. The molecule has 0 fully saturated rings. The van der Waals surface area contributed by atoms with Crippen molar-refractivity contribution in [3.05, 3.63) is 24.0 Å². The first-order chi connectivity index (χ1) is 6.29. The summed E-state index contributed by atoms with van der Waals surface area (Å²) in [4.78, 5) is 14.6. The molecule has 0 aliphatic carbocycles. The number of likely N-dealkylation sites (N-methyl/N-ethyl adjacent to an activating group) is 1. The van der Waals surface area contributed by atoms with Gasteiger partial charge < -0.3 is 10.3 Å². The van der Waals surface area contributed by atoms with Crippen LogP contribution in [0.1, 0.15) is 30.6 Å². The van der Waals surface area contributed by atoms with Crippen LogP contribution in [0.5, 0.6) is 0 Å². The van der Waals surface area contributed by atoms with E-state index in [1.54, 1.807) is 12.4 Å². The minimum Gasteiger partial charge on any atom is -0.367 e. The van der Waals surface area contributed by atoms with Gasteiger partial charge in [0, 0.05) is 18.0 Å². The number of rotatable bonds is 5. The number of nitrogens with one attached hydrogen (secondary N) is 2. The van der Waals surface area contributed by atoms with Crippen molar-refractivity contribution in [1.29, 1.82) is 0 Å². The summed E-state index contributed by atoms with van der Waals surface area (Å²) in [7, 11) is 0. The molecule has 0 aromatic carbocycles. The number of Topliss-reactive ketones (excluding diaryl/α,β-unsaturated/α-hetero) is 1. The quantitative estimate of drug-likeness (QED) is 0.676. The van der Waals surface area contributed by atoms with Crippen LogP contribution in [0, 0.1) is 0 Å². The fraction of sp³-hybridized carbons (Fsp3) is 0.500. The van der Waals surface area contributed by atoms with E-state index in [1.807, 2.05) is 19.9 Å². The van der Waals surface area contributed by atoms with Crippen LogP contribution in [-0.4, -0.2) is 23.4 Å². The predicted molar refractivity (Wildman–Crippen MR) is 52.9 cm³/mol. The Hall–Kier alpha value is -1.09. The van der Waals surface area contributed by atoms with Gasteiger partial charge in [-0.1, -0.05) is 13.8 Å². The second-order valence-corrected chi connectivity index (χ2v) is 2.98. The molecule has 13 heavy (non-hydrogen) atoms. The zero-order valence-corrected chi connectivity index (χ0v) is 8.13. The maximum absolute atomic E-state index is 11.7. The molecule has 2 N–H and O–H groups in total. The van der Waals surface area contributed by atoms with Crippen molar-refractivity contribution < 1.29 is 4.79 Å². The lowest BCUT2D eigenvalue weighted by atomic mass is 10.1. The fourth-order valence-corrected chi connectivity index (χ4v) is 1.35. The Morgan fingerprint density at radius 1 is 1.62 bits per heavy atom. The van der Waals surface area contributed by atoms with Gasteiger partial charge in [0.15, 0.2) is 5.78 Å². The molecule has 1 atom stereocenters. The van der Waals surface area contributed by atoms with Crippen LogP contribution in [0.2, 0.25) is 0 Å². The van der Waals surface area contributed by atoms with E-state index >= 15 is 0 Å². The molecule has 1 aromatic heterocycles. The van der Waals surface area contributed by atoms with E-state index in [0.717, 1.165) is 18.5 Å². The van der Waals surface area contributed by atoms with Gasteiger partial charge in [0.05, 0.1) is 6.04 Å². The molecular weight excluding hydrogens is 164 g/mol. The zero-order chi connectivity index (χ0) is 9.68. The Kier molecular flexibility index (Phi) is 3.71. The summed E-state index contributed by atoms with van der Waals surface area (Å²) in [5, 5.41) is 3.16. The summed E-state index contributed by atoms with van der Waals surface area (Å²) in [5.74, 6) is 0.172. The van der Waals surface area contributed by atoms with Crippen molar-refractivity contribution in [2.45, 2.75) is 26.3 Å². The topological polar surface area (TPSA) is 44.9 Å². The van der Waals surface area contributed by atoms with Gasteiger partial charge in [-0.05, 0) is 19.0 Å². The van der Waals surface area contributed by atoms with E-state index in [-0.39, 0.29) is 11.8 Å². The van der Waals surface area contributed by atoms with Crippen LogP contribution < -0.4 is 5.32 Å². The molecule has 0 aliphatic heterocycles. The Labute approximate surface area is 78.5 Å². The van der Waals surface area contributed by atoms with Gasteiger partial charge in [0.1, 0.15) is 0 Å². The third-order valence-electron chi connectivity index (χ3n) is 2.06. The number of carbonyl (C=O) groups excluding carboxylic acids is 1. The lowest BCUT2D eigenvalue weighted by molar-refractivity contribution is 0.0942. The number of aromatic amines is 1. The van der Waals surface area contributed by atoms with Crippen LogP contribution in [0.15, 0.2) is 18.5 Å². The lowest BCUT2D eigenvalue weighted by Gasteiger charge is -2.12. The van der Waals surface area contributed by atoms with Crippen molar-refractivity contribution in [2.75, 3.05) is 6.54 Å². The van der Waals surface area contributed by atoms with Crippen molar-refractivity contribution in [3.8, 4) is 0 Å². The second-order valence-electron chi connectivity index (χ2n) is 2.98. The lowest BCUT2D eigenvalue weighted by Crippen LogP contribution is -2.35. The van der Waals surface area contributed by atoms with Crippen LogP contribution in [0.25, 0.3) is 0 Å². The van der Waals surface area contributed by atoms with E-state index < -0.39 is 0 Å². The summed E-state index contributed by atoms with van der Waals surface area (Å²) >= 11 is 0. The first-order valence-corrected chi connectivity index (χ1v) is 4.70. The number of hydrogen-bond acceptors (Lipinski definition) is 2. The monoisotopic (exact) mass is 180 g/mol. The van der Waals surface area contributed by atoms with Gasteiger partial charge in [0.2, 0.25) is 0 Å². The molecule has 72 valence electrons. The highest BCUT2D eigenvalue weighted by atomic mass is 16.1. The molecule has 0 aliphatic rings. The van der Waals surface area contributed by atoms with E-state index in [2.05, 4.69) is 10.3 Å². The molecule has 3 heteroatoms. The average Bonchev–Trinajstić information content (AvgIpc) is 2.65. The second kappa shape index (κ2) is 4.82. The molecule has 0 radical (unpaired) electrons. The fourth-order valence-electron chi connectivity index (χ4n) is 1.35. The largest absolute Gasteiger partial charge is 0.367 e. The average molecular weight is 180 g/mol. The molecule has 0 spiro atoms. The molecule has 0 saturated heterocycles. The van der Waals surface area contributed by atoms with E-state index in [4.69, 9.17) is 0 Å². The highest BCUT2D eigenvalue weighted by molar-refractivity contribution is 5.99. The summed E-state index contributed by atoms with van der Waals surface area (Å²) in [5.41, 5.74) is 0.757. The predicted octanol–water partition coefficient (Wildman–Crippen LogP) is 1.59. The van der Waals surface area contributed by atoms with E-state index in [0.29, 0.717) is 0 Å². The number of aromatic nitrogens is 1. The maximum Gasteiger partial charge on any atom is 0.181 e. The standard InChI is InChI=1S/C10H16N2O/c1-3-9(12-4-2)10(13)8-5-6-11-7-8/h5-7,9,11-12H,3-4H2,1-2H3. The third-order valence-corrected chi connectivity index (χ3v) is 2.06. The van der Waals surface area contributed by atoms with Gasteiger partial charge in [-0.15, -0.1) is 0 Å². The number of H-pyrrole nitrogens is 1. The molecule has 0 saturated carbocycles. The minimum absolute atomic E-state index is 0.0409. The van der Waals surface area contributed by atoms with Crippen LogP contribution in [-0.2, 0) is 0 Å². The van der Waals surface area contributed by atoms with Crippen LogP contribution in [0.3, 0.4) is 0 Å². The highest BCUT2D eigenvalue weighted by Crippen LogP contribution is 2.04. The zero-order valence-electron chi connectivity index (χ0n) is 8.13. The molecule has 3 nitrogen and oxygen atoms in total. The summed E-state index contributed by atoms with van der Waals surface area (Å²) < 4.78 is 0. The van der Waals surface area contributed by atoms with Crippen LogP contribution in [0.4, 0.5) is 0 Å². The number of ketones is 1. The minimum atomic E-state index is -0.0409. The molecule has 1 aromatic rings. The molecule has 1 heterocycles. The SMILES string of the molecule is CCNC(CC)C(=O)c1cc[nH]c1. The summed E-state index contributed by atoms with van der Waals surface area (Å²) in [6, 6.07) is 1.77. The van der Waals surface area contributed by atoms with Gasteiger partial charge in [-0.25, -0.2) is 0 Å². The molecule has 0 bridgehead atoms. The van der Waals surface area contributed by atoms with Crippen molar-refractivity contribution in [2.24, 2.45) is 0 Å². The van der Waals surface area contributed by atoms with Crippen molar-refractivity contribution >= 4 is 5.78 Å². The smallest absolute Gasteiger partial charge is 0.181 e. The maximum atomic E-state index is 11.7. The molecular formula is C10H16N2O. The van der Waals surface area contributed by atoms with E-state index in [9.17, 15) is 4.79 Å².